The van der Waals surface area contributed by atoms with Gasteiger partial charge in [-0.05, 0) is 55.6 Å². The Hall–Kier alpha value is -3.71. The van der Waals surface area contributed by atoms with Crippen LogP contribution in [0.5, 0.6) is 5.75 Å². The summed E-state index contributed by atoms with van der Waals surface area (Å²) in [6.45, 7) is 7.90. The van der Waals surface area contributed by atoms with Gasteiger partial charge in [0.2, 0.25) is 5.95 Å². The summed E-state index contributed by atoms with van der Waals surface area (Å²) in [4.78, 5) is 23.9. The molecule has 7 heteroatoms. The number of nitrogens with zero attached hydrogens (tertiary/aromatic N) is 4. The van der Waals surface area contributed by atoms with E-state index < -0.39 is 0 Å². The van der Waals surface area contributed by atoms with Gasteiger partial charge in [-0.2, -0.15) is 4.98 Å². The van der Waals surface area contributed by atoms with Crippen molar-refractivity contribution in [2.24, 2.45) is 0 Å². The Labute approximate surface area is 187 Å². The number of anilines is 2. The Kier molecular flexibility index (Phi) is 6.77. The van der Waals surface area contributed by atoms with Crippen LogP contribution in [0.1, 0.15) is 13.8 Å². The summed E-state index contributed by atoms with van der Waals surface area (Å²) in [6.07, 6.45) is 1.72. The summed E-state index contributed by atoms with van der Waals surface area (Å²) in [5, 5.41) is 4.00. The Morgan fingerprint density at radius 2 is 1.72 bits per heavy atom. The number of nitrogens with one attached hydrogen (secondary N) is 1. The molecule has 2 heterocycles. The third-order valence-electron chi connectivity index (χ3n) is 5.33. The van der Waals surface area contributed by atoms with Crippen LogP contribution in [0.2, 0.25) is 0 Å². The van der Waals surface area contributed by atoms with Crippen molar-refractivity contribution in [3.05, 3.63) is 83.3 Å². The lowest BCUT2D eigenvalue weighted by molar-refractivity contribution is 0.223. The van der Waals surface area contributed by atoms with E-state index in [4.69, 9.17) is 4.74 Å². The van der Waals surface area contributed by atoms with Gasteiger partial charge < -0.3 is 15.0 Å². The van der Waals surface area contributed by atoms with Gasteiger partial charge >= 0.3 is 0 Å². The molecule has 0 aliphatic carbocycles. The van der Waals surface area contributed by atoms with Gasteiger partial charge in [0.15, 0.2) is 5.65 Å². The van der Waals surface area contributed by atoms with Gasteiger partial charge in [0, 0.05) is 29.9 Å². The number of para-hydroxylation sites is 1. The molecule has 0 fully saturated rings. The first kappa shape index (κ1) is 21.5. The zero-order chi connectivity index (χ0) is 22.3. The van der Waals surface area contributed by atoms with E-state index in [1.54, 1.807) is 16.8 Å². The number of hydrogen-bond acceptors (Lipinski definition) is 6. The molecule has 4 rings (SSSR count). The number of fused-ring (bicyclic) bond motifs is 1. The Balaban J connectivity index is 1.52. The second kappa shape index (κ2) is 10.1. The lowest BCUT2D eigenvalue weighted by atomic mass is 10.2. The first-order chi connectivity index (χ1) is 15.7. The van der Waals surface area contributed by atoms with E-state index in [0.29, 0.717) is 18.2 Å². The zero-order valence-corrected chi connectivity index (χ0v) is 18.4. The highest BCUT2D eigenvalue weighted by molar-refractivity contribution is 5.77. The van der Waals surface area contributed by atoms with Crippen LogP contribution >= 0.6 is 0 Å². The number of pyridine rings is 1. The molecule has 7 nitrogen and oxygen atoms in total. The van der Waals surface area contributed by atoms with E-state index in [-0.39, 0.29) is 5.56 Å². The van der Waals surface area contributed by atoms with E-state index >= 15 is 0 Å². The Bertz CT molecular complexity index is 1220. The molecule has 2 aromatic carbocycles. The minimum absolute atomic E-state index is 0.139. The van der Waals surface area contributed by atoms with Crippen LogP contribution in [0, 0.1) is 0 Å². The first-order valence-electron chi connectivity index (χ1n) is 10.8. The highest BCUT2D eigenvalue weighted by atomic mass is 16.5. The van der Waals surface area contributed by atoms with E-state index in [0.717, 1.165) is 42.1 Å². The lowest BCUT2D eigenvalue weighted by Crippen LogP contribution is -2.27. The molecule has 1 N–H and O–H groups in total. The van der Waals surface area contributed by atoms with Crippen molar-refractivity contribution in [3.8, 4) is 11.4 Å². The molecule has 32 heavy (non-hydrogen) atoms. The van der Waals surface area contributed by atoms with E-state index in [1.807, 2.05) is 54.6 Å². The molecule has 0 spiro atoms. The largest absolute Gasteiger partial charge is 0.492 e. The van der Waals surface area contributed by atoms with Crippen molar-refractivity contribution >= 4 is 22.7 Å². The molecule has 0 radical (unpaired) electrons. The van der Waals surface area contributed by atoms with Gasteiger partial charge in [-0.25, -0.2) is 4.98 Å². The summed E-state index contributed by atoms with van der Waals surface area (Å²) >= 11 is 0. The van der Waals surface area contributed by atoms with Crippen LogP contribution in [-0.4, -0.2) is 45.7 Å². The third kappa shape index (κ3) is 4.95. The fraction of sp³-hybridized carbons (Fsp3) is 0.240. The monoisotopic (exact) mass is 429 g/mol. The summed E-state index contributed by atoms with van der Waals surface area (Å²) in [7, 11) is 0. The van der Waals surface area contributed by atoms with E-state index in [1.165, 1.54) is 6.07 Å². The van der Waals surface area contributed by atoms with E-state index in [9.17, 15) is 4.79 Å². The van der Waals surface area contributed by atoms with Crippen molar-refractivity contribution in [2.75, 3.05) is 31.6 Å². The molecule has 0 atom stereocenters. The van der Waals surface area contributed by atoms with Gasteiger partial charge in [-0.1, -0.05) is 32.0 Å². The van der Waals surface area contributed by atoms with Crippen molar-refractivity contribution < 1.29 is 4.74 Å². The van der Waals surface area contributed by atoms with E-state index in [2.05, 4.69) is 34.0 Å². The van der Waals surface area contributed by atoms with Gasteiger partial charge in [0.1, 0.15) is 12.4 Å². The number of aromatic nitrogens is 3. The van der Waals surface area contributed by atoms with Crippen LogP contribution in [0.15, 0.2) is 77.7 Å². The average Bonchev–Trinajstić information content (AvgIpc) is 2.83. The average molecular weight is 430 g/mol. The zero-order valence-electron chi connectivity index (χ0n) is 18.4. The van der Waals surface area contributed by atoms with Gasteiger partial charge in [0.25, 0.3) is 5.56 Å². The third-order valence-corrected chi connectivity index (χ3v) is 5.33. The number of likely N-dealkylation sites (N-methyl/N-ethyl adjacent to an activating group) is 1. The van der Waals surface area contributed by atoms with Crippen LogP contribution in [0.3, 0.4) is 0 Å². The molecular formula is C25H27N5O2. The van der Waals surface area contributed by atoms with Crippen LogP contribution in [0.25, 0.3) is 16.7 Å². The van der Waals surface area contributed by atoms with Crippen molar-refractivity contribution in [2.45, 2.75) is 13.8 Å². The molecular weight excluding hydrogens is 402 g/mol. The second-order valence-electron chi connectivity index (χ2n) is 7.34. The summed E-state index contributed by atoms with van der Waals surface area (Å²) in [5.41, 5.74) is 2.01. The molecule has 164 valence electrons. The number of benzene rings is 2. The quantitative estimate of drug-likeness (QED) is 0.429. The highest BCUT2D eigenvalue weighted by Gasteiger charge is 2.09. The number of hydrogen-bond donors (Lipinski definition) is 1. The van der Waals surface area contributed by atoms with Crippen molar-refractivity contribution in [1.29, 1.82) is 0 Å². The van der Waals surface area contributed by atoms with Crippen LogP contribution in [-0.2, 0) is 0 Å². The molecule has 0 aliphatic rings. The fourth-order valence-corrected chi connectivity index (χ4v) is 3.50. The Morgan fingerprint density at radius 3 is 2.44 bits per heavy atom. The molecule has 2 aromatic heterocycles. The topological polar surface area (TPSA) is 72.3 Å². The molecule has 0 saturated carbocycles. The van der Waals surface area contributed by atoms with Crippen molar-refractivity contribution in [1.82, 2.24) is 19.4 Å². The van der Waals surface area contributed by atoms with Crippen LogP contribution in [0.4, 0.5) is 11.6 Å². The molecule has 4 aromatic rings. The standard InChI is InChI=1S/C25H27N5O2/c1-3-29(4-2)16-17-32-22-13-11-20(12-14-22)27-25-26-18-19-10-15-23(31)30(24(19)28-25)21-8-6-5-7-9-21/h5-15,18H,3-4,16-17H2,1-2H3,(H,26,27,28). The maximum atomic E-state index is 12.6. The molecule has 0 aliphatic heterocycles. The maximum Gasteiger partial charge on any atom is 0.256 e. The number of rotatable bonds is 9. The van der Waals surface area contributed by atoms with Gasteiger partial charge in [-0.3, -0.25) is 9.36 Å². The first-order valence-corrected chi connectivity index (χ1v) is 10.8. The smallest absolute Gasteiger partial charge is 0.256 e. The molecule has 0 saturated heterocycles. The minimum Gasteiger partial charge on any atom is -0.492 e. The normalized spacial score (nSPS) is 11.1. The van der Waals surface area contributed by atoms with Gasteiger partial charge in [-0.15, -0.1) is 0 Å². The fourth-order valence-electron chi connectivity index (χ4n) is 3.50. The lowest BCUT2D eigenvalue weighted by Gasteiger charge is -2.18. The minimum atomic E-state index is -0.139. The maximum absolute atomic E-state index is 12.6. The van der Waals surface area contributed by atoms with Crippen molar-refractivity contribution in [3.63, 3.8) is 0 Å². The summed E-state index contributed by atoms with van der Waals surface area (Å²) in [6, 6.07) is 20.4. The van der Waals surface area contributed by atoms with Gasteiger partial charge in [0.05, 0.1) is 5.69 Å². The highest BCUT2D eigenvalue weighted by Crippen LogP contribution is 2.20. The second-order valence-corrected chi connectivity index (χ2v) is 7.34. The summed E-state index contributed by atoms with van der Waals surface area (Å²) < 4.78 is 7.43. The predicted octanol–water partition coefficient (Wildman–Crippen LogP) is 4.24. The molecule has 0 amide bonds. The SMILES string of the molecule is CCN(CC)CCOc1ccc(Nc2ncc3ccc(=O)n(-c4ccccc4)c3n2)cc1. The summed E-state index contributed by atoms with van der Waals surface area (Å²) in [5.74, 6) is 1.24. The molecule has 0 bridgehead atoms. The Morgan fingerprint density at radius 1 is 0.969 bits per heavy atom. The molecule has 0 unspecified atom stereocenters. The predicted molar refractivity (Wildman–Crippen MR) is 128 cm³/mol. The number of ether oxygens (including phenoxy) is 1. The van der Waals surface area contributed by atoms with Crippen LogP contribution < -0.4 is 15.6 Å².